The molecule has 4 rings (SSSR count). The molecule has 0 unspecified atom stereocenters. The molecule has 8 atom stereocenters. The van der Waals surface area contributed by atoms with Gasteiger partial charge in [-0.2, -0.15) is 0 Å². The van der Waals surface area contributed by atoms with Crippen LogP contribution in [0.25, 0.3) is 0 Å². The SMILES string of the molecule is C[C@H]1C[C@H]2[C@@H]3CC[C@](OC(=O)C(Cl)Cl)(C(=O)OCF)[C@@]3(C)C[C@H](O)[C@]2(F)[C@@]2(C)C=CC(=O)C=C12. The average molecular weight is 521 g/mol. The van der Waals surface area contributed by atoms with E-state index < -0.39 is 63.7 Å². The number of ether oxygens (including phenoxy) is 2. The van der Waals surface area contributed by atoms with Gasteiger partial charge in [-0.1, -0.05) is 48.7 Å². The van der Waals surface area contributed by atoms with E-state index in [0.717, 1.165) is 0 Å². The zero-order valence-electron chi connectivity index (χ0n) is 19.2. The third kappa shape index (κ3) is 3.17. The molecule has 0 amide bonds. The minimum atomic E-state index is -2.14. The van der Waals surface area contributed by atoms with E-state index in [-0.39, 0.29) is 31.0 Å². The molecule has 6 nitrogen and oxygen atoms in total. The van der Waals surface area contributed by atoms with Crippen molar-refractivity contribution in [3.05, 3.63) is 23.8 Å². The zero-order chi connectivity index (χ0) is 25.3. The van der Waals surface area contributed by atoms with E-state index in [1.54, 1.807) is 13.8 Å². The first-order chi connectivity index (χ1) is 15.8. The maximum Gasteiger partial charge on any atom is 0.353 e. The topological polar surface area (TPSA) is 89.9 Å². The van der Waals surface area contributed by atoms with Gasteiger partial charge in [-0.15, -0.1) is 0 Å². The number of aliphatic hydroxyl groups is 1. The van der Waals surface area contributed by atoms with Gasteiger partial charge in [0, 0.05) is 16.7 Å². The van der Waals surface area contributed by atoms with Crippen molar-refractivity contribution in [3.63, 3.8) is 0 Å². The highest BCUT2D eigenvalue weighted by atomic mass is 35.5. The van der Waals surface area contributed by atoms with Gasteiger partial charge in [-0.05, 0) is 56.6 Å². The molecule has 10 heteroatoms. The van der Waals surface area contributed by atoms with Crippen molar-refractivity contribution >= 4 is 40.9 Å². The van der Waals surface area contributed by atoms with E-state index in [2.05, 4.69) is 4.74 Å². The number of halogens is 4. The smallest absolute Gasteiger partial charge is 0.353 e. The fourth-order valence-corrected chi connectivity index (χ4v) is 7.60. The molecule has 0 heterocycles. The van der Waals surface area contributed by atoms with Crippen LogP contribution < -0.4 is 0 Å². The summed E-state index contributed by atoms with van der Waals surface area (Å²) in [6.07, 6.45) is 3.00. The molecule has 4 aliphatic carbocycles. The molecular weight excluding hydrogens is 493 g/mol. The summed E-state index contributed by atoms with van der Waals surface area (Å²) in [5.41, 5.74) is -6.01. The first kappa shape index (κ1) is 25.6. The van der Waals surface area contributed by atoms with Crippen LogP contribution in [0.1, 0.15) is 46.5 Å². The van der Waals surface area contributed by atoms with Crippen molar-refractivity contribution in [2.24, 2.45) is 28.6 Å². The summed E-state index contributed by atoms with van der Waals surface area (Å²) >= 11 is 11.3. The molecule has 1 N–H and O–H groups in total. The molecule has 4 aliphatic rings. The Morgan fingerprint density at radius 1 is 1.29 bits per heavy atom. The van der Waals surface area contributed by atoms with Crippen LogP contribution in [0.15, 0.2) is 23.8 Å². The highest BCUT2D eigenvalue weighted by molar-refractivity contribution is 6.53. The van der Waals surface area contributed by atoms with Crippen LogP contribution in [0.2, 0.25) is 0 Å². The second kappa shape index (κ2) is 8.27. The molecule has 0 saturated heterocycles. The van der Waals surface area contributed by atoms with E-state index in [1.165, 1.54) is 18.2 Å². The van der Waals surface area contributed by atoms with Gasteiger partial charge in [-0.3, -0.25) is 4.79 Å². The Balaban J connectivity index is 1.83. The van der Waals surface area contributed by atoms with Crippen molar-refractivity contribution < 1.29 is 37.7 Å². The van der Waals surface area contributed by atoms with Crippen molar-refractivity contribution in [2.75, 3.05) is 6.86 Å². The molecule has 0 aromatic carbocycles. The lowest BCUT2D eigenvalue weighted by Crippen LogP contribution is -2.70. The number of hydrogen-bond donors (Lipinski definition) is 1. The van der Waals surface area contributed by atoms with Gasteiger partial charge >= 0.3 is 11.9 Å². The minimum absolute atomic E-state index is 0.0549. The van der Waals surface area contributed by atoms with Crippen molar-refractivity contribution in [2.45, 2.75) is 68.7 Å². The highest BCUT2D eigenvalue weighted by Gasteiger charge is 2.76. The molecule has 3 fully saturated rings. The number of aliphatic hydroxyl groups excluding tert-OH is 1. The number of rotatable bonds is 4. The summed E-state index contributed by atoms with van der Waals surface area (Å²) in [4.78, 5) is 35.9. The Kier molecular flexibility index (Phi) is 6.22. The molecule has 0 spiro atoms. The van der Waals surface area contributed by atoms with Gasteiger partial charge in [0.1, 0.15) is 0 Å². The van der Waals surface area contributed by atoms with Crippen LogP contribution in [0.5, 0.6) is 0 Å². The number of ketones is 1. The van der Waals surface area contributed by atoms with Crippen LogP contribution in [0.3, 0.4) is 0 Å². The summed E-state index contributed by atoms with van der Waals surface area (Å²) in [6, 6.07) is 0. The number of hydrogen-bond acceptors (Lipinski definition) is 6. The summed E-state index contributed by atoms with van der Waals surface area (Å²) in [6.45, 7) is 3.78. The summed E-state index contributed by atoms with van der Waals surface area (Å²) < 4.78 is 40.5. The molecule has 3 saturated carbocycles. The van der Waals surface area contributed by atoms with Crippen LogP contribution in [0, 0.1) is 28.6 Å². The normalized spacial score (nSPS) is 45.2. The average Bonchev–Trinajstić information content (AvgIpc) is 3.04. The third-order valence-corrected chi connectivity index (χ3v) is 9.41. The second-order valence-electron chi connectivity index (χ2n) is 10.4. The molecular formula is C24H28Cl2F2O6. The van der Waals surface area contributed by atoms with Gasteiger partial charge in [0.05, 0.1) is 6.10 Å². The maximum atomic E-state index is 17.3. The fourth-order valence-electron chi connectivity index (χ4n) is 7.52. The Bertz CT molecular complexity index is 985. The summed E-state index contributed by atoms with van der Waals surface area (Å²) in [5.74, 6) is -3.87. The molecule has 0 bridgehead atoms. The Morgan fingerprint density at radius 2 is 1.97 bits per heavy atom. The van der Waals surface area contributed by atoms with Gasteiger partial charge in [-0.25, -0.2) is 18.4 Å². The first-order valence-electron chi connectivity index (χ1n) is 11.3. The van der Waals surface area contributed by atoms with Crippen molar-refractivity contribution in [3.8, 4) is 0 Å². The Labute approximate surface area is 206 Å². The van der Waals surface area contributed by atoms with E-state index in [9.17, 15) is 23.9 Å². The lowest BCUT2D eigenvalue weighted by Gasteiger charge is -2.63. The Hall–Kier alpha value is -1.51. The highest BCUT2D eigenvalue weighted by Crippen LogP contribution is 2.71. The predicted molar refractivity (Wildman–Crippen MR) is 119 cm³/mol. The van der Waals surface area contributed by atoms with Crippen molar-refractivity contribution in [1.82, 2.24) is 0 Å². The predicted octanol–water partition coefficient (Wildman–Crippen LogP) is 4.16. The molecule has 34 heavy (non-hydrogen) atoms. The number of allylic oxidation sites excluding steroid dienone is 4. The Morgan fingerprint density at radius 3 is 2.59 bits per heavy atom. The van der Waals surface area contributed by atoms with E-state index in [4.69, 9.17) is 27.9 Å². The van der Waals surface area contributed by atoms with E-state index in [0.29, 0.717) is 12.0 Å². The number of esters is 2. The monoisotopic (exact) mass is 520 g/mol. The first-order valence-corrected chi connectivity index (χ1v) is 12.2. The van der Waals surface area contributed by atoms with Gasteiger partial charge in [0.15, 0.2) is 11.5 Å². The number of carbonyl (C=O) groups is 3. The van der Waals surface area contributed by atoms with Gasteiger partial charge in [0.25, 0.3) is 0 Å². The molecule has 0 aromatic heterocycles. The number of fused-ring (bicyclic) bond motifs is 5. The quantitative estimate of drug-likeness (QED) is 0.442. The maximum absolute atomic E-state index is 17.3. The minimum Gasteiger partial charge on any atom is -0.444 e. The molecule has 0 aromatic rings. The largest absolute Gasteiger partial charge is 0.444 e. The lowest BCUT2D eigenvalue weighted by molar-refractivity contribution is -0.236. The summed E-state index contributed by atoms with van der Waals surface area (Å²) in [5, 5.41) is 11.4. The van der Waals surface area contributed by atoms with Crippen molar-refractivity contribution in [1.29, 1.82) is 0 Å². The second-order valence-corrected chi connectivity index (χ2v) is 11.5. The lowest BCUT2D eigenvalue weighted by atomic mass is 9.43. The molecule has 0 aliphatic heterocycles. The zero-order valence-corrected chi connectivity index (χ0v) is 20.7. The van der Waals surface area contributed by atoms with Crippen LogP contribution >= 0.6 is 23.2 Å². The van der Waals surface area contributed by atoms with Crippen LogP contribution in [-0.4, -0.2) is 51.9 Å². The third-order valence-electron chi connectivity index (χ3n) is 9.06. The number of carbonyl (C=O) groups excluding carboxylic acids is 3. The standard InChI is InChI=1S/C24H28Cl2F2O6/c1-12-8-16-14-5-7-23(20(32)33-11-27,34-19(31)18(25)26)22(14,3)10-17(30)24(16,28)21(2)6-4-13(29)9-15(12)21/h4,6,9,12,14,16-18,30H,5,7-8,10-11H2,1-3H3/t12-,14-,16-,17-,21-,22-,23-,24-/m0/s1. The van der Waals surface area contributed by atoms with Gasteiger partial charge in [0.2, 0.25) is 17.3 Å². The van der Waals surface area contributed by atoms with E-state index in [1.807, 2.05) is 6.92 Å². The fraction of sp³-hybridized carbons (Fsp3) is 0.708. The van der Waals surface area contributed by atoms with Crippen LogP contribution in [0.4, 0.5) is 8.78 Å². The van der Waals surface area contributed by atoms with E-state index >= 15 is 4.39 Å². The van der Waals surface area contributed by atoms with Crippen LogP contribution in [-0.2, 0) is 23.9 Å². The summed E-state index contributed by atoms with van der Waals surface area (Å²) in [7, 11) is 0. The van der Waals surface area contributed by atoms with Gasteiger partial charge < -0.3 is 14.6 Å². The molecule has 0 radical (unpaired) electrons. The number of alkyl halides is 4. The molecule has 188 valence electrons.